The number of nitrogens with zero attached hydrogens (tertiary/aromatic N) is 6. The van der Waals surface area contributed by atoms with Crippen molar-refractivity contribution in [2.75, 3.05) is 29.9 Å². The molecular formula is C26H37N7O5. The minimum absolute atomic E-state index is 0.0711. The minimum atomic E-state index is -0.514. The van der Waals surface area contributed by atoms with E-state index in [1.54, 1.807) is 34.5 Å². The smallest absolute Gasteiger partial charge is 0.415 e. The molecule has 1 unspecified atom stereocenters. The van der Waals surface area contributed by atoms with Crippen molar-refractivity contribution in [1.82, 2.24) is 24.8 Å². The SMILES string of the molecule is CC(Nc1nccc(N2C(=O)OC[C@@H]2C(C)C)n1)c1cnc(OC2CCN(C(=O)OC(C)(C)C)CC2)nc1. The summed E-state index contributed by atoms with van der Waals surface area (Å²) in [5, 5.41) is 3.24. The van der Waals surface area contributed by atoms with Gasteiger partial charge in [-0.1, -0.05) is 13.8 Å². The highest BCUT2D eigenvalue weighted by Crippen LogP contribution is 2.27. The highest BCUT2D eigenvalue weighted by atomic mass is 16.6. The largest absolute Gasteiger partial charge is 0.460 e. The van der Waals surface area contributed by atoms with Crippen LogP contribution >= 0.6 is 0 Å². The molecule has 0 aliphatic carbocycles. The van der Waals surface area contributed by atoms with Gasteiger partial charge in [0.1, 0.15) is 24.1 Å². The van der Waals surface area contributed by atoms with Gasteiger partial charge in [-0.05, 0) is 39.7 Å². The first kappa shape index (κ1) is 27.3. The molecule has 2 amide bonds. The van der Waals surface area contributed by atoms with E-state index in [-0.39, 0.29) is 30.2 Å². The molecule has 4 rings (SSSR count). The van der Waals surface area contributed by atoms with Gasteiger partial charge in [0.25, 0.3) is 0 Å². The normalized spacial score (nSPS) is 19.3. The first-order valence-electron chi connectivity index (χ1n) is 13.0. The molecule has 0 bridgehead atoms. The van der Waals surface area contributed by atoms with E-state index in [4.69, 9.17) is 14.2 Å². The fourth-order valence-corrected chi connectivity index (χ4v) is 4.26. The monoisotopic (exact) mass is 527 g/mol. The maximum atomic E-state index is 12.3. The Morgan fingerprint density at radius 2 is 1.82 bits per heavy atom. The van der Waals surface area contributed by atoms with E-state index in [1.165, 1.54) is 0 Å². The van der Waals surface area contributed by atoms with Gasteiger partial charge < -0.3 is 24.4 Å². The molecule has 12 heteroatoms. The number of hydrogen-bond donors (Lipinski definition) is 1. The van der Waals surface area contributed by atoms with Crippen molar-refractivity contribution in [2.45, 2.75) is 78.2 Å². The highest BCUT2D eigenvalue weighted by molar-refractivity contribution is 5.89. The van der Waals surface area contributed by atoms with Crippen LogP contribution in [0.15, 0.2) is 24.7 Å². The molecule has 1 N–H and O–H groups in total. The number of carbonyl (C=O) groups is 2. The molecule has 0 saturated carbocycles. The molecule has 0 aromatic carbocycles. The Balaban J connectivity index is 1.31. The van der Waals surface area contributed by atoms with Gasteiger partial charge in [-0.3, -0.25) is 4.90 Å². The third-order valence-corrected chi connectivity index (χ3v) is 6.42. The van der Waals surface area contributed by atoms with Crippen LogP contribution in [0.3, 0.4) is 0 Å². The molecule has 38 heavy (non-hydrogen) atoms. The second-order valence-corrected chi connectivity index (χ2v) is 10.9. The van der Waals surface area contributed by atoms with E-state index < -0.39 is 11.7 Å². The van der Waals surface area contributed by atoms with E-state index in [1.807, 2.05) is 41.5 Å². The van der Waals surface area contributed by atoms with E-state index in [0.717, 1.165) is 5.56 Å². The van der Waals surface area contributed by atoms with Gasteiger partial charge in [-0.25, -0.2) is 24.5 Å². The number of cyclic esters (lactones) is 1. The average molecular weight is 528 g/mol. The predicted molar refractivity (Wildman–Crippen MR) is 140 cm³/mol. The third-order valence-electron chi connectivity index (χ3n) is 6.42. The molecule has 0 radical (unpaired) electrons. The first-order valence-corrected chi connectivity index (χ1v) is 13.0. The molecule has 2 saturated heterocycles. The maximum absolute atomic E-state index is 12.3. The number of ether oxygens (including phenoxy) is 3. The Bertz CT molecular complexity index is 1110. The number of likely N-dealkylation sites (tertiary alicyclic amines) is 1. The molecule has 2 atom stereocenters. The molecule has 0 spiro atoms. The van der Waals surface area contributed by atoms with Crippen LogP contribution in [-0.2, 0) is 9.47 Å². The van der Waals surface area contributed by atoms with Crippen LogP contribution in [0, 0.1) is 5.92 Å². The molecular weight excluding hydrogens is 490 g/mol. The summed E-state index contributed by atoms with van der Waals surface area (Å²) >= 11 is 0. The van der Waals surface area contributed by atoms with Gasteiger partial charge >= 0.3 is 18.2 Å². The average Bonchev–Trinajstić information content (AvgIpc) is 3.26. The number of anilines is 2. The number of hydrogen-bond acceptors (Lipinski definition) is 10. The van der Waals surface area contributed by atoms with Gasteiger partial charge in [0, 0.05) is 50.1 Å². The fourth-order valence-electron chi connectivity index (χ4n) is 4.26. The number of aromatic nitrogens is 4. The van der Waals surface area contributed by atoms with Crippen LogP contribution < -0.4 is 15.0 Å². The lowest BCUT2D eigenvalue weighted by molar-refractivity contribution is 0.0119. The lowest BCUT2D eigenvalue weighted by Gasteiger charge is -2.33. The van der Waals surface area contributed by atoms with Crippen LogP contribution in [0.1, 0.15) is 66.0 Å². The summed E-state index contributed by atoms with van der Waals surface area (Å²) in [4.78, 5) is 45.4. The predicted octanol–water partition coefficient (Wildman–Crippen LogP) is 4.20. The topological polar surface area (TPSA) is 132 Å². The van der Waals surface area contributed by atoms with Crippen LogP contribution in [-0.4, -0.2) is 74.5 Å². The van der Waals surface area contributed by atoms with Crippen molar-refractivity contribution in [3.8, 4) is 6.01 Å². The maximum Gasteiger partial charge on any atom is 0.415 e. The summed E-state index contributed by atoms with van der Waals surface area (Å²) in [7, 11) is 0. The van der Waals surface area contributed by atoms with E-state index in [9.17, 15) is 9.59 Å². The van der Waals surface area contributed by atoms with Crippen molar-refractivity contribution in [2.24, 2.45) is 5.92 Å². The van der Waals surface area contributed by atoms with Crippen molar-refractivity contribution < 1.29 is 23.8 Å². The second-order valence-electron chi connectivity index (χ2n) is 10.9. The van der Waals surface area contributed by atoms with Gasteiger partial charge in [-0.2, -0.15) is 4.98 Å². The van der Waals surface area contributed by atoms with Crippen molar-refractivity contribution in [3.63, 3.8) is 0 Å². The summed E-state index contributed by atoms with van der Waals surface area (Å²) in [5.41, 5.74) is 0.311. The van der Waals surface area contributed by atoms with Crippen molar-refractivity contribution in [3.05, 3.63) is 30.2 Å². The molecule has 12 nitrogen and oxygen atoms in total. The standard InChI is InChI=1S/C26H37N7O5/c1-16(2)20-15-36-25(35)33(20)21-7-10-27-22(31-21)30-17(3)18-13-28-23(29-14-18)37-19-8-11-32(12-9-19)24(34)38-26(4,5)6/h7,10,13-14,16-17,19-20H,8-9,11-12,15H2,1-6H3,(H,27,30,31)/t17?,20-/m1/s1. The molecule has 2 aromatic heterocycles. The number of rotatable bonds is 7. The molecule has 2 aliphatic heterocycles. The van der Waals surface area contributed by atoms with E-state index >= 15 is 0 Å². The second kappa shape index (κ2) is 11.4. The number of carbonyl (C=O) groups excluding carboxylic acids is 2. The van der Waals surface area contributed by atoms with Gasteiger partial charge in [-0.15, -0.1) is 0 Å². The zero-order valence-corrected chi connectivity index (χ0v) is 22.9. The van der Waals surface area contributed by atoms with Crippen LogP contribution in [0.5, 0.6) is 6.01 Å². The van der Waals surface area contributed by atoms with Gasteiger partial charge in [0.2, 0.25) is 5.95 Å². The fraction of sp³-hybridized carbons (Fsp3) is 0.615. The van der Waals surface area contributed by atoms with Gasteiger partial charge in [0.15, 0.2) is 0 Å². The Hall–Kier alpha value is -3.70. The van der Waals surface area contributed by atoms with Crippen LogP contribution in [0.4, 0.5) is 21.4 Å². The first-order chi connectivity index (χ1) is 18.0. The summed E-state index contributed by atoms with van der Waals surface area (Å²) in [5.74, 6) is 1.10. The van der Waals surface area contributed by atoms with E-state index in [2.05, 4.69) is 25.3 Å². The molecule has 206 valence electrons. The quantitative estimate of drug-likeness (QED) is 0.559. The van der Waals surface area contributed by atoms with Crippen molar-refractivity contribution >= 4 is 24.0 Å². The lowest BCUT2D eigenvalue weighted by Crippen LogP contribution is -2.44. The molecule has 4 heterocycles. The molecule has 2 fully saturated rings. The van der Waals surface area contributed by atoms with E-state index in [0.29, 0.717) is 50.3 Å². The minimum Gasteiger partial charge on any atom is -0.460 e. The molecule has 2 aromatic rings. The summed E-state index contributed by atoms with van der Waals surface area (Å²) < 4.78 is 16.6. The number of amides is 2. The van der Waals surface area contributed by atoms with Crippen LogP contribution in [0.2, 0.25) is 0 Å². The Morgan fingerprint density at radius 1 is 1.13 bits per heavy atom. The van der Waals surface area contributed by atoms with Crippen molar-refractivity contribution in [1.29, 1.82) is 0 Å². The Kier molecular flexibility index (Phi) is 8.17. The molecule has 2 aliphatic rings. The summed E-state index contributed by atoms with van der Waals surface area (Å²) in [6.45, 7) is 13.1. The number of piperidine rings is 1. The Labute approximate surface area is 223 Å². The zero-order valence-electron chi connectivity index (χ0n) is 22.9. The zero-order chi connectivity index (χ0) is 27.4. The lowest BCUT2D eigenvalue weighted by atomic mass is 10.0. The van der Waals surface area contributed by atoms with Gasteiger partial charge in [0.05, 0.1) is 12.1 Å². The Morgan fingerprint density at radius 3 is 2.45 bits per heavy atom. The third kappa shape index (κ3) is 6.78. The summed E-state index contributed by atoms with van der Waals surface area (Å²) in [6.07, 6.45) is 5.60. The number of nitrogens with one attached hydrogen (secondary N) is 1. The highest BCUT2D eigenvalue weighted by Gasteiger charge is 2.37. The summed E-state index contributed by atoms with van der Waals surface area (Å²) in [6, 6.07) is 1.73. The van der Waals surface area contributed by atoms with Crippen LogP contribution in [0.25, 0.3) is 0 Å².